The van der Waals surface area contributed by atoms with E-state index in [2.05, 4.69) is 5.32 Å². The summed E-state index contributed by atoms with van der Waals surface area (Å²) in [5, 5.41) is 2.97. The molecule has 0 spiro atoms. The Labute approximate surface area is 61.0 Å². The quantitative estimate of drug-likeness (QED) is 0.531. The summed E-state index contributed by atoms with van der Waals surface area (Å²) in [4.78, 5) is 11.2. The van der Waals surface area contributed by atoms with E-state index < -0.39 is 0 Å². The van der Waals surface area contributed by atoms with E-state index in [1.54, 1.807) is 0 Å². The van der Waals surface area contributed by atoms with Crippen LogP contribution in [-0.4, -0.2) is 12.5 Å². The lowest BCUT2D eigenvalue weighted by molar-refractivity contribution is -0.124. The van der Waals surface area contributed by atoms with Gasteiger partial charge in [0.25, 0.3) is 0 Å². The number of hydrogen-bond donors (Lipinski definition) is 1. The SMILES string of the molecule is O=C1NCC2CCC1CC2. The zero-order valence-electron chi connectivity index (χ0n) is 6.10. The molecule has 0 radical (unpaired) electrons. The van der Waals surface area contributed by atoms with Gasteiger partial charge < -0.3 is 5.32 Å². The highest BCUT2D eigenvalue weighted by molar-refractivity contribution is 5.79. The van der Waals surface area contributed by atoms with Crippen LogP contribution in [0.15, 0.2) is 0 Å². The Morgan fingerprint density at radius 3 is 2.60 bits per heavy atom. The molecule has 1 aliphatic carbocycles. The first kappa shape index (κ1) is 6.20. The highest BCUT2D eigenvalue weighted by Crippen LogP contribution is 2.30. The fourth-order valence-electron chi connectivity index (χ4n) is 2.02. The third kappa shape index (κ3) is 0.917. The number of amides is 1. The summed E-state index contributed by atoms with van der Waals surface area (Å²) in [5.74, 6) is 1.46. The van der Waals surface area contributed by atoms with Crippen LogP contribution in [0.3, 0.4) is 0 Å². The van der Waals surface area contributed by atoms with E-state index in [4.69, 9.17) is 0 Å². The molecule has 0 aromatic carbocycles. The Kier molecular flexibility index (Phi) is 1.40. The lowest BCUT2D eigenvalue weighted by Gasteiger charge is -2.19. The zero-order chi connectivity index (χ0) is 6.97. The van der Waals surface area contributed by atoms with Crippen LogP contribution in [0.2, 0.25) is 0 Å². The van der Waals surface area contributed by atoms with E-state index in [1.807, 2.05) is 0 Å². The van der Waals surface area contributed by atoms with Gasteiger partial charge in [-0.2, -0.15) is 0 Å². The van der Waals surface area contributed by atoms with Gasteiger partial charge in [-0.05, 0) is 31.6 Å². The van der Waals surface area contributed by atoms with Crippen molar-refractivity contribution in [2.24, 2.45) is 11.8 Å². The zero-order valence-corrected chi connectivity index (χ0v) is 6.10. The van der Waals surface area contributed by atoms with Gasteiger partial charge in [0.15, 0.2) is 0 Å². The molecular weight excluding hydrogens is 126 g/mol. The molecule has 10 heavy (non-hydrogen) atoms. The minimum absolute atomic E-state index is 0.306. The maximum absolute atomic E-state index is 11.2. The third-order valence-electron chi connectivity index (χ3n) is 2.78. The van der Waals surface area contributed by atoms with Crippen LogP contribution in [0.25, 0.3) is 0 Å². The number of carbonyl (C=O) groups is 1. The van der Waals surface area contributed by atoms with Crippen LogP contribution < -0.4 is 5.32 Å². The maximum atomic E-state index is 11.2. The predicted octanol–water partition coefficient (Wildman–Crippen LogP) is 0.923. The second-order valence-corrected chi connectivity index (χ2v) is 3.46. The van der Waals surface area contributed by atoms with Crippen molar-refractivity contribution in [2.75, 3.05) is 6.54 Å². The monoisotopic (exact) mass is 139 g/mol. The Bertz CT molecular complexity index is 147. The second-order valence-electron chi connectivity index (χ2n) is 3.46. The van der Waals surface area contributed by atoms with Crippen molar-refractivity contribution in [3.8, 4) is 0 Å². The van der Waals surface area contributed by atoms with E-state index in [-0.39, 0.29) is 0 Å². The molecule has 2 heteroatoms. The van der Waals surface area contributed by atoms with Gasteiger partial charge in [-0.25, -0.2) is 0 Å². The first-order chi connectivity index (χ1) is 4.86. The van der Waals surface area contributed by atoms with Crippen molar-refractivity contribution in [1.29, 1.82) is 0 Å². The van der Waals surface area contributed by atoms with E-state index >= 15 is 0 Å². The molecular formula is C8H13NO. The van der Waals surface area contributed by atoms with Crippen molar-refractivity contribution in [3.63, 3.8) is 0 Å². The van der Waals surface area contributed by atoms with Crippen molar-refractivity contribution in [2.45, 2.75) is 25.7 Å². The van der Waals surface area contributed by atoms with Crippen LogP contribution >= 0.6 is 0 Å². The van der Waals surface area contributed by atoms with E-state index in [9.17, 15) is 4.79 Å². The molecule has 0 aromatic rings. The molecule has 0 atom stereocenters. The van der Waals surface area contributed by atoms with Crippen molar-refractivity contribution >= 4 is 5.91 Å². The number of carbonyl (C=O) groups excluding carboxylic acids is 1. The van der Waals surface area contributed by atoms with E-state index in [0.717, 1.165) is 25.3 Å². The Morgan fingerprint density at radius 1 is 1.20 bits per heavy atom. The molecule has 2 bridgehead atoms. The Balaban J connectivity index is 2.14. The largest absolute Gasteiger partial charge is 0.356 e. The first-order valence-electron chi connectivity index (χ1n) is 4.14. The lowest BCUT2D eigenvalue weighted by atomic mass is 9.84. The predicted molar refractivity (Wildman–Crippen MR) is 38.5 cm³/mol. The summed E-state index contributed by atoms with van der Waals surface area (Å²) in [6.45, 7) is 0.940. The van der Waals surface area contributed by atoms with Crippen molar-refractivity contribution in [3.05, 3.63) is 0 Å². The number of rotatable bonds is 0. The Morgan fingerprint density at radius 2 is 1.90 bits per heavy atom. The minimum atomic E-state index is 0.306. The summed E-state index contributed by atoms with van der Waals surface area (Å²) in [5.41, 5.74) is 0. The highest BCUT2D eigenvalue weighted by atomic mass is 16.1. The molecule has 2 nitrogen and oxygen atoms in total. The summed E-state index contributed by atoms with van der Waals surface area (Å²) in [6.07, 6.45) is 4.81. The number of hydrogen-bond acceptors (Lipinski definition) is 1. The Hall–Kier alpha value is -0.530. The molecule has 0 unspecified atom stereocenters. The average Bonchev–Trinajstić information content (AvgIpc) is 2.24. The topological polar surface area (TPSA) is 29.1 Å². The molecule has 56 valence electrons. The first-order valence-corrected chi connectivity index (χ1v) is 4.14. The van der Waals surface area contributed by atoms with Crippen LogP contribution in [0, 0.1) is 11.8 Å². The summed E-state index contributed by atoms with van der Waals surface area (Å²) in [7, 11) is 0. The molecule has 3 fully saturated rings. The fourth-order valence-corrected chi connectivity index (χ4v) is 2.02. The molecule has 3 rings (SSSR count). The van der Waals surface area contributed by atoms with E-state index in [1.165, 1.54) is 12.8 Å². The normalized spacial score (nSPS) is 39.0. The molecule has 3 aliphatic rings. The van der Waals surface area contributed by atoms with Gasteiger partial charge in [-0.15, -0.1) is 0 Å². The van der Waals surface area contributed by atoms with Crippen LogP contribution in [0.4, 0.5) is 0 Å². The lowest BCUT2D eigenvalue weighted by Crippen LogP contribution is -2.27. The van der Waals surface area contributed by atoms with Gasteiger partial charge >= 0.3 is 0 Å². The molecule has 2 saturated heterocycles. The van der Waals surface area contributed by atoms with Gasteiger partial charge in [0.1, 0.15) is 0 Å². The molecule has 2 heterocycles. The summed E-state index contributed by atoms with van der Waals surface area (Å²) >= 11 is 0. The average molecular weight is 139 g/mol. The van der Waals surface area contributed by atoms with Gasteiger partial charge in [-0.3, -0.25) is 4.79 Å². The van der Waals surface area contributed by atoms with E-state index in [0.29, 0.717) is 11.8 Å². The molecule has 0 aromatic heterocycles. The highest BCUT2D eigenvalue weighted by Gasteiger charge is 2.29. The number of fused-ring (bicyclic) bond motifs is 4. The van der Waals surface area contributed by atoms with Gasteiger partial charge in [-0.1, -0.05) is 0 Å². The summed E-state index contributed by atoms with van der Waals surface area (Å²) in [6, 6.07) is 0. The van der Waals surface area contributed by atoms with Crippen LogP contribution in [0.1, 0.15) is 25.7 Å². The molecule has 1 saturated carbocycles. The van der Waals surface area contributed by atoms with Crippen LogP contribution in [0.5, 0.6) is 0 Å². The maximum Gasteiger partial charge on any atom is 0.223 e. The van der Waals surface area contributed by atoms with Crippen molar-refractivity contribution in [1.82, 2.24) is 5.32 Å². The molecule has 1 amide bonds. The second kappa shape index (κ2) is 2.26. The fraction of sp³-hybridized carbons (Fsp3) is 0.875. The number of nitrogens with one attached hydrogen (secondary N) is 1. The minimum Gasteiger partial charge on any atom is -0.356 e. The third-order valence-corrected chi connectivity index (χ3v) is 2.78. The van der Waals surface area contributed by atoms with Gasteiger partial charge in [0.05, 0.1) is 0 Å². The van der Waals surface area contributed by atoms with Crippen molar-refractivity contribution < 1.29 is 4.79 Å². The summed E-state index contributed by atoms with van der Waals surface area (Å²) < 4.78 is 0. The van der Waals surface area contributed by atoms with Crippen LogP contribution in [-0.2, 0) is 4.79 Å². The standard InChI is InChI=1S/C8H13NO/c10-8-7-3-1-6(2-4-7)5-9-8/h6-7H,1-5H2,(H,9,10). The smallest absolute Gasteiger partial charge is 0.223 e. The molecule has 2 aliphatic heterocycles. The molecule has 1 N–H and O–H groups in total. The van der Waals surface area contributed by atoms with Gasteiger partial charge in [0, 0.05) is 12.5 Å². The van der Waals surface area contributed by atoms with Gasteiger partial charge in [0.2, 0.25) is 5.91 Å².